The van der Waals surface area contributed by atoms with Crippen LogP contribution in [0, 0.1) is 5.82 Å². The second-order valence-electron chi connectivity index (χ2n) is 6.93. The molecule has 6 nitrogen and oxygen atoms in total. The lowest BCUT2D eigenvalue weighted by molar-refractivity contribution is -0.145. The Hall–Kier alpha value is -3.39. The fourth-order valence-corrected chi connectivity index (χ4v) is 4.25. The number of halogens is 1. The quantitative estimate of drug-likeness (QED) is 0.421. The van der Waals surface area contributed by atoms with Crippen molar-refractivity contribution in [1.29, 1.82) is 0 Å². The Morgan fingerprint density at radius 1 is 1.13 bits per heavy atom. The Morgan fingerprint density at radius 3 is 2.61 bits per heavy atom. The molecule has 2 amide bonds. The van der Waals surface area contributed by atoms with E-state index in [1.807, 2.05) is 35.0 Å². The number of ether oxygens (including phenoxy) is 1. The van der Waals surface area contributed by atoms with Crippen LogP contribution in [-0.4, -0.2) is 39.7 Å². The van der Waals surface area contributed by atoms with Crippen molar-refractivity contribution in [3.8, 4) is 0 Å². The Morgan fingerprint density at radius 2 is 1.87 bits per heavy atom. The highest BCUT2D eigenvalue weighted by atomic mass is 32.2. The lowest BCUT2D eigenvalue weighted by Gasteiger charge is -2.10. The van der Waals surface area contributed by atoms with E-state index in [4.69, 9.17) is 4.74 Å². The summed E-state index contributed by atoms with van der Waals surface area (Å²) in [4.78, 5) is 37.8. The number of carbonyl (C=O) groups is 3. The number of fused-ring (bicyclic) bond motifs is 1. The number of imide groups is 1. The van der Waals surface area contributed by atoms with E-state index in [2.05, 4.69) is 0 Å². The van der Waals surface area contributed by atoms with Crippen LogP contribution < -0.4 is 0 Å². The molecule has 0 radical (unpaired) electrons. The number of amides is 2. The van der Waals surface area contributed by atoms with Crippen LogP contribution in [0.1, 0.15) is 18.1 Å². The molecule has 0 spiro atoms. The zero-order valence-electron chi connectivity index (χ0n) is 16.7. The van der Waals surface area contributed by atoms with Gasteiger partial charge in [-0.05, 0) is 48.5 Å². The van der Waals surface area contributed by atoms with Gasteiger partial charge in [0.15, 0.2) is 0 Å². The highest BCUT2D eigenvalue weighted by Crippen LogP contribution is 2.34. The van der Waals surface area contributed by atoms with Crippen LogP contribution in [-0.2, 0) is 20.9 Å². The molecule has 1 aromatic heterocycles. The summed E-state index contributed by atoms with van der Waals surface area (Å²) in [6, 6.07) is 14.0. The molecule has 2 heterocycles. The number of hydrogen-bond acceptors (Lipinski definition) is 5. The first-order chi connectivity index (χ1) is 15.0. The molecule has 0 aliphatic carbocycles. The van der Waals surface area contributed by atoms with E-state index >= 15 is 0 Å². The van der Waals surface area contributed by atoms with Crippen LogP contribution >= 0.6 is 11.8 Å². The molecular formula is C23H19FN2O4S. The Balaban J connectivity index is 1.65. The SMILES string of the molecule is CCOC(=O)CN1C(=O)S/C(=C\c2cn(Cc3ccc(F)cc3)c3ccccc23)C1=O. The maximum absolute atomic E-state index is 13.2. The van der Waals surface area contributed by atoms with Crippen molar-refractivity contribution < 1.29 is 23.5 Å². The van der Waals surface area contributed by atoms with Crippen LogP contribution in [0.3, 0.4) is 0 Å². The molecule has 1 aliphatic rings. The van der Waals surface area contributed by atoms with Crippen molar-refractivity contribution in [2.24, 2.45) is 0 Å². The van der Waals surface area contributed by atoms with Crippen molar-refractivity contribution >= 4 is 45.9 Å². The summed E-state index contributed by atoms with van der Waals surface area (Å²) in [6.45, 7) is 1.97. The molecule has 4 rings (SSSR count). The smallest absolute Gasteiger partial charge is 0.326 e. The topological polar surface area (TPSA) is 68.6 Å². The Kier molecular flexibility index (Phi) is 5.90. The van der Waals surface area contributed by atoms with Crippen LogP contribution in [0.4, 0.5) is 9.18 Å². The summed E-state index contributed by atoms with van der Waals surface area (Å²) in [5.74, 6) is -1.43. The van der Waals surface area contributed by atoms with Gasteiger partial charge in [0.25, 0.3) is 11.1 Å². The van der Waals surface area contributed by atoms with E-state index in [0.29, 0.717) is 6.54 Å². The van der Waals surface area contributed by atoms with Gasteiger partial charge in [-0.3, -0.25) is 19.3 Å². The number of benzene rings is 2. The van der Waals surface area contributed by atoms with E-state index in [0.717, 1.165) is 38.7 Å². The van der Waals surface area contributed by atoms with Crippen molar-refractivity contribution in [1.82, 2.24) is 9.47 Å². The summed E-state index contributed by atoms with van der Waals surface area (Å²) in [5, 5.41) is 0.418. The van der Waals surface area contributed by atoms with Crippen molar-refractivity contribution in [3.63, 3.8) is 0 Å². The van der Waals surface area contributed by atoms with Gasteiger partial charge in [-0.1, -0.05) is 30.3 Å². The highest BCUT2D eigenvalue weighted by molar-refractivity contribution is 8.18. The summed E-state index contributed by atoms with van der Waals surface area (Å²) in [6.07, 6.45) is 3.56. The first-order valence-electron chi connectivity index (χ1n) is 9.69. The molecule has 2 aromatic carbocycles. The number of thioether (sulfide) groups is 1. The zero-order valence-corrected chi connectivity index (χ0v) is 17.5. The number of carbonyl (C=O) groups excluding carboxylic acids is 3. The molecular weight excluding hydrogens is 419 g/mol. The molecule has 1 saturated heterocycles. The largest absolute Gasteiger partial charge is 0.465 e. The molecule has 158 valence electrons. The Bertz CT molecular complexity index is 1200. The normalized spacial score (nSPS) is 15.3. The average molecular weight is 438 g/mol. The van der Waals surface area contributed by atoms with E-state index in [1.54, 1.807) is 25.1 Å². The summed E-state index contributed by atoms with van der Waals surface area (Å²) in [7, 11) is 0. The summed E-state index contributed by atoms with van der Waals surface area (Å²) < 4.78 is 20.1. The van der Waals surface area contributed by atoms with Crippen molar-refractivity contribution in [3.05, 3.63) is 76.6 Å². The van der Waals surface area contributed by atoms with Gasteiger partial charge in [0.2, 0.25) is 0 Å². The number of rotatable bonds is 6. The zero-order chi connectivity index (χ0) is 22.0. The maximum atomic E-state index is 13.2. The minimum absolute atomic E-state index is 0.179. The second-order valence-corrected chi connectivity index (χ2v) is 7.92. The number of esters is 1. The third-order valence-corrected chi connectivity index (χ3v) is 5.75. The molecule has 0 bridgehead atoms. The first kappa shape index (κ1) is 20.9. The van der Waals surface area contributed by atoms with Crippen molar-refractivity contribution in [2.75, 3.05) is 13.2 Å². The molecule has 1 fully saturated rings. The monoisotopic (exact) mass is 438 g/mol. The fourth-order valence-electron chi connectivity index (χ4n) is 3.42. The van der Waals surface area contributed by atoms with Gasteiger partial charge < -0.3 is 9.30 Å². The lowest BCUT2D eigenvalue weighted by Crippen LogP contribution is -2.34. The number of nitrogens with zero attached hydrogens (tertiary/aromatic N) is 2. The minimum Gasteiger partial charge on any atom is -0.465 e. The standard InChI is InChI=1S/C23H19FN2O4S/c1-2-30-21(27)14-26-22(28)20(31-23(26)29)11-16-13-25(19-6-4-3-5-18(16)19)12-15-7-9-17(24)10-8-15/h3-11,13H,2,12,14H2,1H3/b20-11-. The van der Waals surface area contributed by atoms with Crippen LogP contribution in [0.15, 0.2) is 59.6 Å². The predicted octanol–water partition coefficient (Wildman–Crippen LogP) is 4.43. The third kappa shape index (κ3) is 4.39. The second kappa shape index (κ2) is 8.77. The van der Waals surface area contributed by atoms with Crippen LogP contribution in [0.2, 0.25) is 0 Å². The van der Waals surface area contributed by atoms with Gasteiger partial charge in [0.1, 0.15) is 12.4 Å². The summed E-state index contributed by atoms with van der Waals surface area (Å²) >= 11 is 0.800. The Labute approximate surface area is 182 Å². The molecule has 0 saturated carbocycles. The first-order valence-corrected chi connectivity index (χ1v) is 10.5. The van der Waals surface area contributed by atoms with E-state index in [-0.39, 0.29) is 17.3 Å². The maximum Gasteiger partial charge on any atom is 0.326 e. The minimum atomic E-state index is -0.623. The lowest BCUT2D eigenvalue weighted by atomic mass is 10.1. The van der Waals surface area contributed by atoms with Gasteiger partial charge in [-0.25, -0.2) is 4.39 Å². The molecule has 1 aliphatic heterocycles. The highest BCUT2D eigenvalue weighted by Gasteiger charge is 2.36. The molecule has 0 atom stereocenters. The van der Waals surface area contributed by atoms with Crippen LogP contribution in [0.25, 0.3) is 17.0 Å². The van der Waals surface area contributed by atoms with Gasteiger partial charge >= 0.3 is 5.97 Å². The molecule has 31 heavy (non-hydrogen) atoms. The van der Waals surface area contributed by atoms with Gasteiger partial charge in [-0.15, -0.1) is 0 Å². The van der Waals surface area contributed by atoms with E-state index in [9.17, 15) is 18.8 Å². The van der Waals surface area contributed by atoms with Crippen LogP contribution in [0.5, 0.6) is 0 Å². The molecule has 0 N–H and O–H groups in total. The molecule has 3 aromatic rings. The number of para-hydroxylation sites is 1. The van der Waals surface area contributed by atoms with E-state index < -0.39 is 23.7 Å². The molecule has 8 heteroatoms. The van der Waals surface area contributed by atoms with Gasteiger partial charge in [0.05, 0.1) is 11.5 Å². The number of hydrogen-bond donors (Lipinski definition) is 0. The number of aromatic nitrogens is 1. The predicted molar refractivity (Wildman–Crippen MR) is 117 cm³/mol. The summed E-state index contributed by atoms with van der Waals surface area (Å²) in [5.41, 5.74) is 2.66. The van der Waals surface area contributed by atoms with Gasteiger partial charge in [0, 0.05) is 29.2 Å². The average Bonchev–Trinajstić information content (AvgIpc) is 3.22. The van der Waals surface area contributed by atoms with Crippen molar-refractivity contribution in [2.45, 2.75) is 13.5 Å². The van der Waals surface area contributed by atoms with Gasteiger partial charge in [-0.2, -0.15) is 0 Å². The molecule has 0 unspecified atom stereocenters. The fraction of sp³-hybridized carbons (Fsp3) is 0.174. The third-order valence-electron chi connectivity index (χ3n) is 4.84. The van der Waals surface area contributed by atoms with E-state index in [1.165, 1.54) is 12.1 Å².